The van der Waals surface area contributed by atoms with Crippen molar-refractivity contribution in [2.24, 2.45) is 5.73 Å². The Bertz CT molecular complexity index is 1070. The quantitative estimate of drug-likeness (QED) is 0.332. The molecule has 0 fully saturated rings. The first-order valence-electron chi connectivity index (χ1n) is 10.3. The second kappa shape index (κ2) is 10.4. The lowest BCUT2D eigenvalue weighted by Gasteiger charge is -2.12. The minimum atomic E-state index is -0.413. The number of rotatable bonds is 9. The summed E-state index contributed by atoms with van der Waals surface area (Å²) in [6.45, 7) is 0. The molecule has 0 spiro atoms. The van der Waals surface area contributed by atoms with Crippen LogP contribution in [0.5, 0.6) is 0 Å². The van der Waals surface area contributed by atoms with E-state index in [4.69, 9.17) is 11.5 Å². The van der Waals surface area contributed by atoms with Gasteiger partial charge in [-0.05, 0) is 48.2 Å². The van der Waals surface area contributed by atoms with E-state index in [2.05, 4.69) is 5.32 Å². The van der Waals surface area contributed by atoms with Crippen molar-refractivity contribution in [3.05, 3.63) is 72.5 Å². The number of benzene rings is 3. The molecule has 3 aromatic carbocycles. The van der Waals surface area contributed by atoms with Gasteiger partial charge >= 0.3 is 0 Å². The molecular weight excluding hydrogens is 393 g/mol. The Morgan fingerprint density at radius 2 is 1.55 bits per heavy atom. The van der Waals surface area contributed by atoms with Crippen molar-refractivity contribution >= 4 is 23.2 Å². The molecule has 3 aromatic rings. The van der Waals surface area contributed by atoms with Crippen LogP contribution in [0.4, 0.5) is 15.8 Å². The molecule has 0 aromatic heterocycles. The number of unbranched alkanes of at least 4 members (excludes halogenated alkanes) is 2. The molecule has 3 rings (SSSR count). The number of carbonyl (C=O) groups excluding carboxylic acids is 2. The highest BCUT2D eigenvalue weighted by atomic mass is 19.1. The third-order valence-electron chi connectivity index (χ3n) is 5.03. The van der Waals surface area contributed by atoms with E-state index in [1.54, 1.807) is 12.1 Å². The number of halogens is 1. The van der Waals surface area contributed by atoms with Gasteiger partial charge in [0.15, 0.2) is 0 Å². The number of amides is 2. The average Bonchev–Trinajstić information content (AvgIpc) is 2.75. The van der Waals surface area contributed by atoms with Gasteiger partial charge in [-0.1, -0.05) is 48.9 Å². The lowest BCUT2D eigenvalue weighted by atomic mass is 9.98. The van der Waals surface area contributed by atoms with Crippen molar-refractivity contribution in [1.82, 2.24) is 0 Å². The van der Waals surface area contributed by atoms with E-state index in [0.717, 1.165) is 17.5 Å². The van der Waals surface area contributed by atoms with Crippen molar-refractivity contribution < 1.29 is 14.0 Å². The maximum Gasteiger partial charge on any atom is 0.224 e. The zero-order chi connectivity index (χ0) is 22.2. The monoisotopic (exact) mass is 419 g/mol. The SMILES string of the molecule is NC(=O)CCCCCC(=O)Nc1ccc(F)c(-c2ccc(-c3ccccc3)cc2N)c1. The van der Waals surface area contributed by atoms with Crippen LogP contribution in [-0.2, 0) is 9.59 Å². The fraction of sp³-hybridized carbons (Fsp3) is 0.200. The number of hydrogen-bond donors (Lipinski definition) is 3. The lowest BCUT2D eigenvalue weighted by Crippen LogP contribution is -2.12. The summed E-state index contributed by atoms with van der Waals surface area (Å²) in [6, 6.07) is 19.8. The molecule has 0 radical (unpaired) electrons. The molecule has 0 bridgehead atoms. The zero-order valence-corrected chi connectivity index (χ0v) is 17.2. The molecule has 0 saturated carbocycles. The lowest BCUT2D eigenvalue weighted by molar-refractivity contribution is -0.118. The van der Waals surface area contributed by atoms with Crippen molar-refractivity contribution in [3.8, 4) is 22.3 Å². The standard InChI is InChI=1S/C25H26FN3O2/c26-22-14-12-19(29-25(31)10-6-2-5-9-24(28)30)16-21(22)20-13-11-18(15-23(20)27)17-7-3-1-4-8-17/h1,3-4,7-8,11-16H,2,5-6,9-10,27H2,(H2,28,30)(H,29,31). The molecule has 0 saturated heterocycles. The Balaban J connectivity index is 1.70. The predicted octanol–water partition coefficient (Wildman–Crippen LogP) is 5.12. The molecule has 160 valence electrons. The summed E-state index contributed by atoms with van der Waals surface area (Å²) < 4.78 is 14.5. The number of hydrogen-bond acceptors (Lipinski definition) is 3. The van der Waals surface area contributed by atoms with Gasteiger partial charge in [0.2, 0.25) is 11.8 Å². The van der Waals surface area contributed by atoms with Crippen LogP contribution in [-0.4, -0.2) is 11.8 Å². The first kappa shape index (κ1) is 22.0. The van der Waals surface area contributed by atoms with Crippen LogP contribution in [0.15, 0.2) is 66.7 Å². The molecule has 6 heteroatoms. The predicted molar refractivity (Wildman–Crippen MR) is 123 cm³/mol. The van der Waals surface area contributed by atoms with E-state index in [1.807, 2.05) is 42.5 Å². The van der Waals surface area contributed by atoms with Crippen molar-refractivity contribution in [1.29, 1.82) is 0 Å². The molecular formula is C25H26FN3O2. The van der Waals surface area contributed by atoms with E-state index in [-0.39, 0.29) is 11.8 Å². The smallest absolute Gasteiger partial charge is 0.224 e. The van der Waals surface area contributed by atoms with Crippen LogP contribution in [0.25, 0.3) is 22.3 Å². The van der Waals surface area contributed by atoms with Crippen molar-refractivity contribution in [3.63, 3.8) is 0 Å². The molecule has 2 amide bonds. The third-order valence-corrected chi connectivity index (χ3v) is 5.03. The largest absolute Gasteiger partial charge is 0.398 e. The molecule has 31 heavy (non-hydrogen) atoms. The van der Waals surface area contributed by atoms with Crippen LogP contribution in [0.2, 0.25) is 0 Å². The summed E-state index contributed by atoms with van der Waals surface area (Å²) in [5.41, 5.74) is 15.2. The average molecular weight is 420 g/mol. The molecule has 0 unspecified atom stereocenters. The summed E-state index contributed by atoms with van der Waals surface area (Å²) in [5.74, 6) is -0.910. The maximum absolute atomic E-state index is 14.5. The van der Waals surface area contributed by atoms with Gasteiger partial charge in [0.05, 0.1) is 0 Å². The summed E-state index contributed by atoms with van der Waals surface area (Å²) in [7, 11) is 0. The molecule has 5 nitrogen and oxygen atoms in total. The Morgan fingerprint density at radius 3 is 2.26 bits per heavy atom. The third kappa shape index (κ3) is 6.15. The van der Waals surface area contributed by atoms with Gasteiger partial charge in [-0.25, -0.2) is 4.39 Å². The summed E-state index contributed by atoms with van der Waals surface area (Å²) >= 11 is 0. The molecule has 0 aliphatic heterocycles. The van der Waals surface area contributed by atoms with Crippen LogP contribution in [0.3, 0.4) is 0 Å². The number of carbonyl (C=O) groups is 2. The van der Waals surface area contributed by atoms with Crippen LogP contribution >= 0.6 is 0 Å². The Morgan fingerprint density at radius 1 is 0.806 bits per heavy atom. The van der Waals surface area contributed by atoms with Gasteiger partial charge < -0.3 is 16.8 Å². The van der Waals surface area contributed by atoms with E-state index < -0.39 is 5.82 Å². The van der Waals surface area contributed by atoms with Crippen LogP contribution in [0.1, 0.15) is 32.1 Å². The first-order chi connectivity index (χ1) is 14.9. The van der Waals surface area contributed by atoms with Gasteiger partial charge in [-0.15, -0.1) is 0 Å². The van der Waals surface area contributed by atoms with E-state index in [0.29, 0.717) is 48.2 Å². The number of nitrogen functional groups attached to an aromatic ring is 1. The molecule has 0 heterocycles. The summed E-state index contributed by atoms with van der Waals surface area (Å²) in [4.78, 5) is 22.9. The van der Waals surface area contributed by atoms with E-state index in [9.17, 15) is 14.0 Å². The summed E-state index contributed by atoms with van der Waals surface area (Å²) in [6.07, 6.45) is 2.71. The Labute approximate surface area is 181 Å². The zero-order valence-electron chi connectivity index (χ0n) is 17.2. The molecule has 0 aliphatic rings. The van der Waals surface area contributed by atoms with Gasteiger partial charge in [0.1, 0.15) is 5.82 Å². The minimum absolute atomic E-state index is 0.163. The topological polar surface area (TPSA) is 98.2 Å². The fourth-order valence-corrected chi connectivity index (χ4v) is 3.41. The minimum Gasteiger partial charge on any atom is -0.398 e. The van der Waals surface area contributed by atoms with Gasteiger partial charge in [-0.3, -0.25) is 9.59 Å². The molecule has 0 atom stereocenters. The normalized spacial score (nSPS) is 10.6. The fourth-order valence-electron chi connectivity index (χ4n) is 3.41. The Kier molecular flexibility index (Phi) is 7.38. The van der Waals surface area contributed by atoms with E-state index in [1.165, 1.54) is 12.1 Å². The Hall–Kier alpha value is -3.67. The maximum atomic E-state index is 14.5. The second-order valence-electron chi connectivity index (χ2n) is 7.44. The van der Waals surface area contributed by atoms with Crippen LogP contribution < -0.4 is 16.8 Å². The summed E-state index contributed by atoms with van der Waals surface area (Å²) in [5, 5.41) is 2.80. The highest BCUT2D eigenvalue weighted by molar-refractivity contribution is 5.92. The van der Waals surface area contributed by atoms with Gasteiger partial charge in [-0.2, -0.15) is 0 Å². The number of primary amides is 1. The second-order valence-corrected chi connectivity index (χ2v) is 7.44. The molecule has 5 N–H and O–H groups in total. The highest BCUT2D eigenvalue weighted by Crippen LogP contribution is 2.33. The van der Waals surface area contributed by atoms with Crippen molar-refractivity contribution in [2.75, 3.05) is 11.1 Å². The number of nitrogens with two attached hydrogens (primary N) is 2. The molecule has 0 aliphatic carbocycles. The first-order valence-corrected chi connectivity index (χ1v) is 10.3. The highest BCUT2D eigenvalue weighted by Gasteiger charge is 2.12. The number of anilines is 2. The van der Waals surface area contributed by atoms with E-state index >= 15 is 0 Å². The van der Waals surface area contributed by atoms with Crippen LogP contribution in [0, 0.1) is 5.82 Å². The number of nitrogens with one attached hydrogen (secondary N) is 1. The van der Waals surface area contributed by atoms with Gasteiger partial charge in [0, 0.05) is 35.3 Å². The van der Waals surface area contributed by atoms with Gasteiger partial charge in [0.25, 0.3) is 0 Å². The van der Waals surface area contributed by atoms with Crippen molar-refractivity contribution in [2.45, 2.75) is 32.1 Å².